The minimum absolute atomic E-state index is 0.0903. The van der Waals surface area contributed by atoms with Gasteiger partial charge in [0.1, 0.15) is 0 Å². The summed E-state index contributed by atoms with van der Waals surface area (Å²) in [7, 11) is 1.25. The van der Waals surface area contributed by atoms with E-state index in [1.807, 2.05) is 0 Å². The molecule has 9 nitrogen and oxygen atoms in total. The molecule has 0 fully saturated rings. The summed E-state index contributed by atoms with van der Waals surface area (Å²) in [5, 5.41) is 16.9. The van der Waals surface area contributed by atoms with Gasteiger partial charge in [0.05, 0.1) is 13.1 Å². The Morgan fingerprint density at radius 2 is 2.35 bits per heavy atom. The van der Waals surface area contributed by atoms with Crippen molar-refractivity contribution in [3.63, 3.8) is 0 Å². The first-order valence-electron chi connectivity index (χ1n) is 4.66. The lowest BCUT2D eigenvalue weighted by atomic mass is 10.3. The summed E-state index contributed by atoms with van der Waals surface area (Å²) in [6, 6.07) is -0.543. The first-order chi connectivity index (χ1) is 8.13. The van der Waals surface area contributed by atoms with Crippen molar-refractivity contribution in [3.05, 3.63) is 12.2 Å². The Bertz CT molecular complexity index is 366. The number of hydrogen-bond donors (Lipinski definition) is 3. The molecule has 94 valence electrons. The van der Waals surface area contributed by atoms with Gasteiger partial charge in [0.25, 0.3) is 0 Å². The standard InChI is InChI=1S/C8H12N4O5/c1-16-5(7(13)14)2-9-8(15)10-3-6-11-4-17-12-6/h4-5H,2-3H2,1H3,(H,13,14)(H2,9,10,15). The highest BCUT2D eigenvalue weighted by Crippen LogP contribution is 1.89. The average Bonchev–Trinajstić information content (AvgIpc) is 2.79. The van der Waals surface area contributed by atoms with Crippen molar-refractivity contribution in [1.82, 2.24) is 20.8 Å². The highest BCUT2D eigenvalue weighted by molar-refractivity contribution is 5.76. The van der Waals surface area contributed by atoms with Crippen LogP contribution in [-0.2, 0) is 16.1 Å². The monoisotopic (exact) mass is 244 g/mol. The fraction of sp³-hybridized carbons (Fsp3) is 0.500. The topological polar surface area (TPSA) is 127 Å². The van der Waals surface area contributed by atoms with Crippen molar-refractivity contribution in [2.24, 2.45) is 0 Å². The maximum Gasteiger partial charge on any atom is 0.334 e. The fourth-order valence-corrected chi connectivity index (χ4v) is 0.949. The normalized spacial score (nSPS) is 11.8. The smallest absolute Gasteiger partial charge is 0.334 e. The molecule has 0 aliphatic rings. The second kappa shape index (κ2) is 6.43. The number of aromatic nitrogens is 2. The van der Waals surface area contributed by atoms with Gasteiger partial charge in [-0.25, -0.2) is 9.59 Å². The van der Waals surface area contributed by atoms with Crippen molar-refractivity contribution in [3.8, 4) is 0 Å². The summed E-state index contributed by atoms with van der Waals surface area (Å²) in [6.07, 6.45) is 0.0613. The number of nitrogens with zero attached hydrogens (tertiary/aromatic N) is 2. The molecule has 1 unspecified atom stereocenters. The average molecular weight is 244 g/mol. The lowest BCUT2D eigenvalue weighted by Crippen LogP contribution is -2.42. The fourth-order valence-electron chi connectivity index (χ4n) is 0.949. The lowest BCUT2D eigenvalue weighted by molar-refractivity contribution is -0.147. The van der Waals surface area contributed by atoms with Crippen LogP contribution in [-0.4, -0.2) is 47.0 Å². The van der Waals surface area contributed by atoms with Gasteiger partial charge >= 0.3 is 12.0 Å². The van der Waals surface area contributed by atoms with E-state index < -0.39 is 18.1 Å². The SMILES string of the molecule is COC(CNC(=O)NCc1ncon1)C(=O)O. The van der Waals surface area contributed by atoms with E-state index in [2.05, 4.69) is 30.0 Å². The van der Waals surface area contributed by atoms with E-state index in [9.17, 15) is 9.59 Å². The minimum atomic E-state index is -1.15. The van der Waals surface area contributed by atoms with Crippen LogP contribution in [0.15, 0.2) is 10.9 Å². The zero-order valence-corrected chi connectivity index (χ0v) is 9.04. The van der Waals surface area contributed by atoms with Gasteiger partial charge in [-0.1, -0.05) is 5.16 Å². The van der Waals surface area contributed by atoms with Crippen molar-refractivity contribution in [2.45, 2.75) is 12.6 Å². The molecule has 17 heavy (non-hydrogen) atoms. The van der Waals surface area contributed by atoms with E-state index in [1.54, 1.807) is 0 Å². The maximum absolute atomic E-state index is 11.2. The van der Waals surface area contributed by atoms with Crippen molar-refractivity contribution < 1.29 is 24.0 Å². The summed E-state index contributed by atoms with van der Waals surface area (Å²) >= 11 is 0. The molecule has 0 bridgehead atoms. The number of ether oxygens (including phenoxy) is 1. The Morgan fingerprint density at radius 1 is 1.59 bits per heavy atom. The number of carbonyl (C=O) groups is 2. The van der Waals surface area contributed by atoms with Crippen LogP contribution < -0.4 is 10.6 Å². The Morgan fingerprint density at radius 3 is 2.88 bits per heavy atom. The van der Waals surface area contributed by atoms with Crippen molar-refractivity contribution in [2.75, 3.05) is 13.7 Å². The number of aliphatic carboxylic acids is 1. The van der Waals surface area contributed by atoms with E-state index in [-0.39, 0.29) is 13.1 Å². The third-order valence-corrected chi connectivity index (χ3v) is 1.82. The minimum Gasteiger partial charge on any atom is -0.479 e. The number of carboxylic acids is 1. The van der Waals surface area contributed by atoms with Crippen LogP contribution in [0.3, 0.4) is 0 Å². The molecule has 0 aliphatic heterocycles. The lowest BCUT2D eigenvalue weighted by Gasteiger charge is -2.11. The summed E-state index contributed by atoms with van der Waals surface area (Å²) in [5.74, 6) is -0.826. The zero-order valence-electron chi connectivity index (χ0n) is 9.04. The van der Waals surface area contributed by atoms with Gasteiger partial charge in [0.2, 0.25) is 6.39 Å². The summed E-state index contributed by atoms with van der Waals surface area (Å²) in [4.78, 5) is 25.5. The molecule has 9 heteroatoms. The number of hydrogen-bond acceptors (Lipinski definition) is 6. The van der Waals surface area contributed by atoms with Crippen LogP contribution >= 0.6 is 0 Å². The molecule has 2 amide bonds. The summed E-state index contributed by atoms with van der Waals surface area (Å²) in [5.41, 5.74) is 0. The first kappa shape index (κ1) is 12.9. The molecule has 3 N–H and O–H groups in total. The molecule has 0 radical (unpaired) electrons. The molecule has 1 aromatic rings. The van der Waals surface area contributed by atoms with Gasteiger partial charge in [-0.15, -0.1) is 0 Å². The molecule has 0 saturated heterocycles. The molecule has 0 spiro atoms. The quantitative estimate of drug-likeness (QED) is 0.583. The highest BCUT2D eigenvalue weighted by Gasteiger charge is 2.16. The largest absolute Gasteiger partial charge is 0.479 e. The second-order valence-electron chi connectivity index (χ2n) is 2.97. The predicted molar refractivity (Wildman–Crippen MR) is 53.0 cm³/mol. The van der Waals surface area contributed by atoms with Crippen LogP contribution in [0.4, 0.5) is 4.79 Å². The van der Waals surface area contributed by atoms with E-state index in [1.165, 1.54) is 7.11 Å². The number of carbonyl (C=O) groups excluding carboxylic acids is 1. The molecule has 1 aromatic heterocycles. The van der Waals surface area contributed by atoms with Crippen LogP contribution in [0.2, 0.25) is 0 Å². The number of urea groups is 1. The molecule has 1 atom stereocenters. The van der Waals surface area contributed by atoms with Gasteiger partial charge in [0, 0.05) is 7.11 Å². The van der Waals surface area contributed by atoms with Crippen molar-refractivity contribution >= 4 is 12.0 Å². The number of amides is 2. The molecule has 0 saturated carbocycles. The van der Waals surface area contributed by atoms with Gasteiger partial charge in [-0.3, -0.25) is 0 Å². The molecular weight excluding hydrogens is 232 g/mol. The van der Waals surface area contributed by atoms with Gasteiger partial charge in [0.15, 0.2) is 11.9 Å². The zero-order chi connectivity index (χ0) is 12.7. The third-order valence-electron chi connectivity index (χ3n) is 1.82. The number of rotatable bonds is 6. The summed E-state index contributed by atoms with van der Waals surface area (Å²) in [6.45, 7) is -0.0447. The maximum atomic E-state index is 11.2. The molecule has 0 aromatic carbocycles. The van der Waals surface area contributed by atoms with Crippen LogP contribution in [0.5, 0.6) is 0 Å². The van der Waals surface area contributed by atoms with Gasteiger partial charge in [-0.05, 0) is 0 Å². The molecule has 1 rings (SSSR count). The molecule has 0 aliphatic carbocycles. The van der Waals surface area contributed by atoms with E-state index in [4.69, 9.17) is 5.11 Å². The van der Waals surface area contributed by atoms with Crippen molar-refractivity contribution in [1.29, 1.82) is 0 Å². The van der Waals surface area contributed by atoms with Gasteiger partial charge in [-0.2, -0.15) is 4.98 Å². The Labute approximate surface area is 96.1 Å². The van der Waals surface area contributed by atoms with E-state index in [0.717, 1.165) is 6.39 Å². The molecule has 1 heterocycles. The Balaban J connectivity index is 2.23. The van der Waals surface area contributed by atoms with E-state index in [0.29, 0.717) is 5.82 Å². The molecular formula is C8H12N4O5. The van der Waals surface area contributed by atoms with Crippen LogP contribution in [0, 0.1) is 0 Å². The predicted octanol–water partition coefficient (Wildman–Crippen LogP) is -1.03. The number of nitrogens with one attached hydrogen (secondary N) is 2. The van der Waals surface area contributed by atoms with Crippen LogP contribution in [0.25, 0.3) is 0 Å². The third kappa shape index (κ3) is 4.47. The van der Waals surface area contributed by atoms with Crippen LogP contribution in [0.1, 0.15) is 5.82 Å². The number of methoxy groups -OCH3 is 1. The second-order valence-corrected chi connectivity index (χ2v) is 2.97. The van der Waals surface area contributed by atoms with Gasteiger partial charge < -0.3 is 25.0 Å². The highest BCUT2D eigenvalue weighted by atomic mass is 16.5. The number of carboxylic acid groups (broad SMARTS) is 1. The van der Waals surface area contributed by atoms with E-state index >= 15 is 0 Å². The Kier molecular flexibility index (Phi) is 4.88. The summed E-state index contributed by atoms with van der Waals surface area (Å²) < 4.78 is 9.09. The Hall–Kier alpha value is -2.16. The first-order valence-corrected chi connectivity index (χ1v) is 4.66.